The van der Waals surface area contributed by atoms with Gasteiger partial charge in [-0.3, -0.25) is 4.90 Å². The van der Waals surface area contributed by atoms with Crippen molar-refractivity contribution in [3.8, 4) is 17.3 Å². The molecule has 0 aliphatic carbocycles. The molecule has 1 aromatic carbocycles. The van der Waals surface area contributed by atoms with Crippen LogP contribution in [0.25, 0.3) is 11.3 Å². The summed E-state index contributed by atoms with van der Waals surface area (Å²) in [6.45, 7) is 8.52. The van der Waals surface area contributed by atoms with Crippen LogP contribution in [0.5, 0.6) is 0 Å². The molecule has 0 amide bonds. The number of anilines is 2. The Balaban J connectivity index is 1.82. The van der Waals surface area contributed by atoms with Crippen LogP contribution in [-0.4, -0.2) is 52.5 Å². The molecule has 0 spiro atoms. The molecule has 25 heavy (non-hydrogen) atoms. The molecule has 130 valence electrons. The molecular weight excluding hydrogens is 314 g/mol. The molecule has 7 heteroatoms. The summed E-state index contributed by atoms with van der Waals surface area (Å²) in [5.41, 5.74) is 14.3. The predicted molar refractivity (Wildman–Crippen MR) is 98.4 cm³/mol. The van der Waals surface area contributed by atoms with E-state index in [1.165, 1.54) is 5.56 Å². The predicted octanol–water partition coefficient (Wildman–Crippen LogP) is 1.32. The molecule has 0 bridgehead atoms. The van der Waals surface area contributed by atoms with E-state index in [2.05, 4.69) is 38.8 Å². The normalized spacial score (nSPS) is 15.8. The van der Waals surface area contributed by atoms with Gasteiger partial charge in [-0.15, -0.1) is 0 Å². The van der Waals surface area contributed by atoms with Crippen molar-refractivity contribution in [3.05, 3.63) is 35.4 Å². The lowest BCUT2D eigenvalue weighted by molar-refractivity contribution is 0.132. The molecule has 4 N–H and O–H groups in total. The monoisotopic (exact) mass is 337 g/mol. The van der Waals surface area contributed by atoms with Crippen LogP contribution in [0.2, 0.25) is 0 Å². The van der Waals surface area contributed by atoms with Crippen LogP contribution >= 0.6 is 0 Å². The summed E-state index contributed by atoms with van der Waals surface area (Å²) in [5, 5.41) is 9.37. The highest BCUT2D eigenvalue weighted by Crippen LogP contribution is 2.26. The zero-order valence-electron chi connectivity index (χ0n) is 14.4. The van der Waals surface area contributed by atoms with Crippen LogP contribution in [0.4, 0.5) is 11.8 Å². The Morgan fingerprint density at radius 2 is 1.84 bits per heavy atom. The zero-order valence-corrected chi connectivity index (χ0v) is 14.4. The van der Waals surface area contributed by atoms with Gasteiger partial charge < -0.3 is 16.4 Å². The third-order valence-electron chi connectivity index (χ3n) is 4.58. The van der Waals surface area contributed by atoms with Crippen molar-refractivity contribution in [2.24, 2.45) is 0 Å². The molecule has 7 nitrogen and oxygen atoms in total. The molecule has 1 aliphatic heterocycles. The fourth-order valence-corrected chi connectivity index (χ4v) is 3.15. The Labute approximate surface area is 147 Å². The molecule has 1 fully saturated rings. The minimum atomic E-state index is 0.0765. The average Bonchev–Trinajstić information content (AvgIpc) is 2.62. The minimum absolute atomic E-state index is 0.0765. The van der Waals surface area contributed by atoms with Crippen LogP contribution in [0.1, 0.15) is 18.1 Å². The van der Waals surface area contributed by atoms with E-state index in [4.69, 9.17) is 11.5 Å². The van der Waals surface area contributed by atoms with Crippen molar-refractivity contribution >= 4 is 11.8 Å². The highest BCUT2D eigenvalue weighted by molar-refractivity contribution is 5.73. The van der Waals surface area contributed by atoms with Gasteiger partial charge in [0.2, 0.25) is 5.95 Å². The van der Waals surface area contributed by atoms with E-state index in [9.17, 15) is 5.26 Å². The Kier molecular flexibility index (Phi) is 5.12. The van der Waals surface area contributed by atoms with Gasteiger partial charge in [-0.1, -0.05) is 25.1 Å². The first-order valence-corrected chi connectivity index (χ1v) is 8.47. The molecule has 2 heterocycles. The summed E-state index contributed by atoms with van der Waals surface area (Å²) in [5.74, 6) is 0.193. The number of nitriles is 1. The standard InChI is InChI=1S/C18H23N7/c1-2-24-6-8-25(9-7-24)12-13-4-3-5-14(10-13)16-15(11-19)17(20)23-18(21)22-16/h3-5,10H,2,6-9,12H2,1H3,(H4,20,21,22,23). The lowest BCUT2D eigenvalue weighted by Gasteiger charge is -2.34. The van der Waals surface area contributed by atoms with Crippen molar-refractivity contribution in [2.75, 3.05) is 44.2 Å². The maximum Gasteiger partial charge on any atom is 0.222 e. The van der Waals surface area contributed by atoms with Gasteiger partial charge in [-0.05, 0) is 18.2 Å². The number of aromatic nitrogens is 2. The van der Waals surface area contributed by atoms with Crippen LogP contribution in [0.3, 0.4) is 0 Å². The number of nitrogens with zero attached hydrogens (tertiary/aromatic N) is 5. The summed E-state index contributed by atoms with van der Waals surface area (Å²) >= 11 is 0. The third-order valence-corrected chi connectivity index (χ3v) is 4.58. The highest BCUT2D eigenvalue weighted by Gasteiger charge is 2.17. The second-order valence-electron chi connectivity index (χ2n) is 6.21. The van der Waals surface area contributed by atoms with Crippen molar-refractivity contribution in [2.45, 2.75) is 13.5 Å². The quantitative estimate of drug-likeness (QED) is 0.866. The van der Waals surface area contributed by atoms with E-state index in [0.717, 1.165) is 44.8 Å². The number of likely N-dealkylation sites (N-methyl/N-ethyl adjacent to an activating group) is 1. The van der Waals surface area contributed by atoms with Crippen molar-refractivity contribution in [1.82, 2.24) is 19.8 Å². The molecule has 0 unspecified atom stereocenters. The number of benzene rings is 1. The maximum absolute atomic E-state index is 9.37. The van der Waals surface area contributed by atoms with E-state index in [1.54, 1.807) is 0 Å². The Hall–Kier alpha value is -2.69. The van der Waals surface area contributed by atoms with Gasteiger partial charge in [-0.25, -0.2) is 4.98 Å². The van der Waals surface area contributed by atoms with Crippen molar-refractivity contribution in [1.29, 1.82) is 5.26 Å². The SMILES string of the molecule is CCN1CCN(Cc2cccc(-c3nc(N)nc(N)c3C#N)c2)CC1. The molecule has 0 atom stereocenters. The lowest BCUT2D eigenvalue weighted by Crippen LogP contribution is -2.45. The second-order valence-corrected chi connectivity index (χ2v) is 6.21. The minimum Gasteiger partial charge on any atom is -0.382 e. The number of piperazine rings is 1. The van der Waals surface area contributed by atoms with Gasteiger partial charge in [0, 0.05) is 38.3 Å². The van der Waals surface area contributed by atoms with Gasteiger partial charge in [0.15, 0.2) is 0 Å². The smallest absolute Gasteiger partial charge is 0.222 e. The zero-order chi connectivity index (χ0) is 17.8. The number of rotatable bonds is 4. The highest BCUT2D eigenvalue weighted by atomic mass is 15.3. The number of nitrogens with two attached hydrogens (primary N) is 2. The van der Waals surface area contributed by atoms with E-state index in [0.29, 0.717) is 5.69 Å². The molecule has 1 saturated heterocycles. The molecule has 3 rings (SSSR count). The summed E-state index contributed by atoms with van der Waals surface area (Å²) in [4.78, 5) is 13.0. The summed E-state index contributed by atoms with van der Waals surface area (Å²) in [6, 6.07) is 10.1. The number of hydrogen-bond donors (Lipinski definition) is 2. The van der Waals surface area contributed by atoms with Gasteiger partial charge in [0.05, 0.1) is 5.69 Å². The molecule has 1 aromatic heterocycles. The number of hydrogen-bond acceptors (Lipinski definition) is 7. The molecular formula is C18H23N7. The van der Waals surface area contributed by atoms with E-state index in [-0.39, 0.29) is 17.3 Å². The largest absolute Gasteiger partial charge is 0.382 e. The second kappa shape index (κ2) is 7.47. The fourth-order valence-electron chi connectivity index (χ4n) is 3.15. The van der Waals surface area contributed by atoms with Crippen LogP contribution < -0.4 is 11.5 Å². The average molecular weight is 337 g/mol. The van der Waals surface area contributed by atoms with Crippen LogP contribution in [0.15, 0.2) is 24.3 Å². The first kappa shape index (κ1) is 17.1. The van der Waals surface area contributed by atoms with Crippen molar-refractivity contribution in [3.63, 3.8) is 0 Å². The fraction of sp³-hybridized carbons (Fsp3) is 0.389. The summed E-state index contributed by atoms with van der Waals surface area (Å²) in [7, 11) is 0. The Morgan fingerprint density at radius 1 is 1.12 bits per heavy atom. The van der Waals surface area contributed by atoms with Gasteiger partial charge in [0.25, 0.3) is 0 Å². The Bertz CT molecular complexity index is 788. The van der Waals surface area contributed by atoms with Gasteiger partial charge in [-0.2, -0.15) is 10.2 Å². The third kappa shape index (κ3) is 3.87. The van der Waals surface area contributed by atoms with E-state index >= 15 is 0 Å². The lowest BCUT2D eigenvalue weighted by atomic mass is 10.0. The Morgan fingerprint density at radius 3 is 2.52 bits per heavy atom. The van der Waals surface area contributed by atoms with Crippen LogP contribution in [-0.2, 0) is 6.54 Å². The van der Waals surface area contributed by atoms with E-state index < -0.39 is 0 Å². The summed E-state index contributed by atoms with van der Waals surface area (Å²) < 4.78 is 0. The molecule has 2 aromatic rings. The number of nitrogen functional groups attached to an aromatic ring is 2. The van der Waals surface area contributed by atoms with Gasteiger partial charge >= 0.3 is 0 Å². The van der Waals surface area contributed by atoms with E-state index in [1.807, 2.05) is 18.2 Å². The topological polar surface area (TPSA) is 108 Å². The summed E-state index contributed by atoms with van der Waals surface area (Å²) in [6.07, 6.45) is 0. The maximum atomic E-state index is 9.37. The molecule has 0 saturated carbocycles. The molecule has 1 aliphatic rings. The van der Waals surface area contributed by atoms with Crippen molar-refractivity contribution < 1.29 is 0 Å². The van der Waals surface area contributed by atoms with Gasteiger partial charge in [0.1, 0.15) is 17.5 Å². The van der Waals surface area contributed by atoms with Crippen LogP contribution in [0, 0.1) is 11.3 Å². The molecule has 0 radical (unpaired) electrons. The first-order valence-electron chi connectivity index (χ1n) is 8.47. The first-order chi connectivity index (χ1) is 12.1.